The van der Waals surface area contributed by atoms with Crippen LogP contribution in [0.3, 0.4) is 0 Å². The number of amides is 3. The quantitative estimate of drug-likeness (QED) is 0.757. The van der Waals surface area contributed by atoms with Crippen molar-refractivity contribution in [3.05, 3.63) is 35.9 Å². The van der Waals surface area contributed by atoms with Crippen LogP contribution in [0.15, 0.2) is 24.3 Å². The van der Waals surface area contributed by atoms with Crippen LogP contribution < -0.4 is 15.4 Å². The molecule has 0 bridgehead atoms. The van der Waals surface area contributed by atoms with E-state index in [4.69, 9.17) is 19.6 Å². The number of benzene rings is 1. The molecule has 0 spiro atoms. The third-order valence-corrected chi connectivity index (χ3v) is 4.84. The minimum Gasteiger partial charge on any atom is -0.494 e. The van der Waals surface area contributed by atoms with Gasteiger partial charge in [-0.3, -0.25) is 10.1 Å². The molecule has 9 nitrogen and oxygen atoms in total. The highest BCUT2D eigenvalue weighted by Gasteiger charge is 2.32. The molecule has 3 heterocycles. The lowest BCUT2D eigenvalue weighted by molar-refractivity contribution is -0.120. The Balaban J connectivity index is 1.72. The number of nitrogens with zero attached hydrogens (tertiary/aromatic N) is 3. The zero-order valence-electron chi connectivity index (χ0n) is 15.0. The van der Waals surface area contributed by atoms with Crippen molar-refractivity contribution in [3.8, 4) is 11.4 Å². The minimum absolute atomic E-state index is 0.209. The average Bonchev–Trinajstić information content (AvgIpc) is 3.25. The summed E-state index contributed by atoms with van der Waals surface area (Å²) < 4.78 is 12.6. The van der Waals surface area contributed by atoms with Crippen molar-refractivity contribution in [2.75, 3.05) is 20.3 Å². The Kier molecular flexibility index (Phi) is 4.76. The van der Waals surface area contributed by atoms with Gasteiger partial charge in [-0.15, -0.1) is 0 Å². The van der Waals surface area contributed by atoms with E-state index < -0.39 is 12.1 Å². The SMILES string of the molecule is COc1ccccc1-n1nc(C2CCOCC2)nc1CC1NC(=O)NC1=O. The van der Waals surface area contributed by atoms with Crippen LogP contribution in [0.25, 0.3) is 5.69 Å². The van der Waals surface area contributed by atoms with Gasteiger partial charge in [-0.05, 0) is 25.0 Å². The maximum atomic E-state index is 12.0. The second kappa shape index (κ2) is 7.36. The van der Waals surface area contributed by atoms with E-state index in [0.29, 0.717) is 24.8 Å². The number of methoxy groups -OCH3 is 1. The molecule has 1 atom stereocenters. The molecule has 1 aromatic carbocycles. The van der Waals surface area contributed by atoms with E-state index in [1.807, 2.05) is 24.3 Å². The van der Waals surface area contributed by atoms with Gasteiger partial charge in [0.1, 0.15) is 23.3 Å². The smallest absolute Gasteiger partial charge is 0.322 e. The summed E-state index contributed by atoms with van der Waals surface area (Å²) in [5, 5.41) is 9.59. The van der Waals surface area contributed by atoms with Gasteiger partial charge in [-0.2, -0.15) is 5.10 Å². The monoisotopic (exact) mass is 371 g/mol. The van der Waals surface area contributed by atoms with Crippen molar-refractivity contribution in [1.82, 2.24) is 25.4 Å². The number of para-hydroxylation sites is 2. The third kappa shape index (κ3) is 3.50. The van der Waals surface area contributed by atoms with E-state index in [0.717, 1.165) is 24.4 Å². The molecule has 9 heteroatoms. The summed E-state index contributed by atoms with van der Waals surface area (Å²) in [6.07, 6.45) is 1.96. The van der Waals surface area contributed by atoms with E-state index in [1.54, 1.807) is 11.8 Å². The summed E-state index contributed by atoms with van der Waals surface area (Å²) in [5.41, 5.74) is 0.741. The summed E-state index contributed by atoms with van der Waals surface area (Å²) in [7, 11) is 1.60. The highest BCUT2D eigenvalue weighted by Crippen LogP contribution is 2.28. The number of rotatable bonds is 5. The van der Waals surface area contributed by atoms with Crippen molar-refractivity contribution < 1.29 is 19.1 Å². The van der Waals surface area contributed by atoms with Crippen LogP contribution in [0.1, 0.15) is 30.4 Å². The molecule has 27 heavy (non-hydrogen) atoms. The van der Waals surface area contributed by atoms with Gasteiger partial charge < -0.3 is 14.8 Å². The summed E-state index contributed by atoms with van der Waals surface area (Å²) in [6, 6.07) is 6.34. The van der Waals surface area contributed by atoms with E-state index in [1.165, 1.54) is 0 Å². The van der Waals surface area contributed by atoms with Crippen LogP contribution >= 0.6 is 0 Å². The largest absolute Gasteiger partial charge is 0.494 e. The first-order valence-corrected chi connectivity index (χ1v) is 8.94. The Morgan fingerprint density at radius 2 is 2.04 bits per heavy atom. The standard InChI is InChI=1S/C18H21N5O4/c1-26-14-5-3-2-4-13(14)23-15(10-12-17(24)21-18(25)19-12)20-16(22-23)11-6-8-27-9-7-11/h2-5,11-12H,6-10H2,1H3,(H2,19,21,24,25). The van der Waals surface area contributed by atoms with Crippen LogP contribution in [-0.2, 0) is 16.0 Å². The fraction of sp³-hybridized carbons (Fsp3) is 0.444. The molecule has 2 N–H and O–H groups in total. The molecule has 2 fully saturated rings. The van der Waals surface area contributed by atoms with Crippen molar-refractivity contribution in [2.45, 2.75) is 31.2 Å². The van der Waals surface area contributed by atoms with Gasteiger partial charge in [0.2, 0.25) is 0 Å². The predicted octanol–water partition coefficient (Wildman–Crippen LogP) is 0.920. The van der Waals surface area contributed by atoms with Crippen LogP contribution in [0, 0.1) is 0 Å². The van der Waals surface area contributed by atoms with Crippen LogP contribution in [0.4, 0.5) is 4.79 Å². The molecule has 142 valence electrons. The molecule has 2 aliphatic heterocycles. The van der Waals surface area contributed by atoms with E-state index in [9.17, 15) is 9.59 Å². The first-order valence-electron chi connectivity index (χ1n) is 8.94. The molecule has 0 saturated carbocycles. The Morgan fingerprint density at radius 3 is 2.74 bits per heavy atom. The fourth-order valence-corrected chi connectivity index (χ4v) is 3.41. The number of ether oxygens (including phenoxy) is 2. The van der Waals surface area contributed by atoms with E-state index in [-0.39, 0.29) is 18.2 Å². The Morgan fingerprint density at radius 1 is 1.26 bits per heavy atom. The molecule has 2 aromatic rings. The summed E-state index contributed by atoms with van der Waals surface area (Å²) >= 11 is 0. The van der Waals surface area contributed by atoms with Gasteiger partial charge in [0.25, 0.3) is 5.91 Å². The van der Waals surface area contributed by atoms with Gasteiger partial charge in [0, 0.05) is 25.6 Å². The zero-order chi connectivity index (χ0) is 18.8. The molecule has 3 amide bonds. The fourth-order valence-electron chi connectivity index (χ4n) is 3.41. The molecule has 2 aliphatic rings. The topological polar surface area (TPSA) is 107 Å². The lowest BCUT2D eigenvalue weighted by Crippen LogP contribution is -2.32. The van der Waals surface area contributed by atoms with Crippen LogP contribution in [-0.4, -0.2) is 53.1 Å². The normalized spacial score (nSPS) is 20.4. The van der Waals surface area contributed by atoms with Gasteiger partial charge in [0.05, 0.1) is 7.11 Å². The number of imide groups is 1. The lowest BCUT2D eigenvalue weighted by atomic mass is 10.00. The Bertz CT molecular complexity index is 859. The first-order chi connectivity index (χ1) is 13.2. The number of urea groups is 1. The number of aromatic nitrogens is 3. The molecule has 1 unspecified atom stereocenters. The number of nitrogens with one attached hydrogen (secondary N) is 2. The second-order valence-electron chi connectivity index (χ2n) is 6.58. The van der Waals surface area contributed by atoms with Crippen molar-refractivity contribution >= 4 is 11.9 Å². The second-order valence-corrected chi connectivity index (χ2v) is 6.58. The summed E-state index contributed by atoms with van der Waals surface area (Å²) in [6.45, 7) is 1.37. The van der Waals surface area contributed by atoms with Crippen molar-refractivity contribution in [3.63, 3.8) is 0 Å². The third-order valence-electron chi connectivity index (χ3n) is 4.84. The van der Waals surface area contributed by atoms with Gasteiger partial charge >= 0.3 is 6.03 Å². The number of carbonyl (C=O) groups is 2. The Labute approximate surface area is 156 Å². The molecule has 2 saturated heterocycles. The maximum Gasteiger partial charge on any atom is 0.322 e. The van der Waals surface area contributed by atoms with Crippen molar-refractivity contribution in [2.24, 2.45) is 0 Å². The molecule has 0 aliphatic carbocycles. The first kappa shape index (κ1) is 17.5. The maximum absolute atomic E-state index is 12.0. The summed E-state index contributed by atoms with van der Waals surface area (Å²) in [5.74, 6) is 1.83. The van der Waals surface area contributed by atoms with Crippen LogP contribution in [0.2, 0.25) is 0 Å². The molecule has 1 aromatic heterocycles. The van der Waals surface area contributed by atoms with E-state index in [2.05, 4.69) is 10.6 Å². The highest BCUT2D eigenvalue weighted by atomic mass is 16.5. The lowest BCUT2D eigenvalue weighted by Gasteiger charge is -2.18. The molecular weight excluding hydrogens is 350 g/mol. The predicted molar refractivity (Wildman–Crippen MR) is 94.9 cm³/mol. The van der Waals surface area contributed by atoms with E-state index >= 15 is 0 Å². The Hall–Kier alpha value is -2.94. The molecule has 4 rings (SSSR count). The van der Waals surface area contributed by atoms with Crippen molar-refractivity contribution in [1.29, 1.82) is 0 Å². The van der Waals surface area contributed by atoms with Gasteiger partial charge in [0.15, 0.2) is 5.82 Å². The summed E-state index contributed by atoms with van der Waals surface area (Å²) in [4.78, 5) is 28.1. The zero-order valence-corrected chi connectivity index (χ0v) is 15.0. The number of hydrogen-bond donors (Lipinski definition) is 2. The number of hydrogen-bond acceptors (Lipinski definition) is 6. The van der Waals surface area contributed by atoms with Crippen LogP contribution in [0.5, 0.6) is 5.75 Å². The van der Waals surface area contributed by atoms with Gasteiger partial charge in [-0.1, -0.05) is 12.1 Å². The highest BCUT2D eigenvalue weighted by molar-refractivity contribution is 6.04. The minimum atomic E-state index is -0.669. The average molecular weight is 371 g/mol. The molecule has 0 radical (unpaired) electrons. The number of carbonyl (C=O) groups excluding carboxylic acids is 2. The molecular formula is C18H21N5O4. The van der Waals surface area contributed by atoms with Gasteiger partial charge in [-0.25, -0.2) is 14.5 Å².